The predicted octanol–water partition coefficient (Wildman–Crippen LogP) is 6.66. The number of methoxy groups -OCH3 is 1. The summed E-state index contributed by atoms with van der Waals surface area (Å²) in [4.78, 5) is 0. The highest BCUT2D eigenvalue weighted by molar-refractivity contribution is 5.77. The molecular weight excluding hydrogens is 311 g/mol. The number of aryl methyl sites for hydroxylation is 1. The Kier molecular flexibility index (Phi) is 5.91. The molecule has 0 amide bonds. The van der Waals surface area contributed by atoms with Crippen LogP contribution in [0.1, 0.15) is 50.2 Å². The van der Waals surface area contributed by atoms with Gasteiger partial charge in [-0.05, 0) is 60.1 Å². The molecule has 1 aliphatic rings. The van der Waals surface area contributed by atoms with Crippen LogP contribution >= 0.6 is 0 Å². The van der Waals surface area contributed by atoms with Gasteiger partial charge in [-0.1, -0.05) is 56.5 Å². The molecule has 3 rings (SSSR count). The highest BCUT2D eigenvalue weighted by Gasteiger charge is 2.13. The molecule has 0 N–H and O–H groups in total. The van der Waals surface area contributed by atoms with Gasteiger partial charge in [-0.15, -0.1) is 0 Å². The highest BCUT2D eigenvalue weighted by Crippen LogP contribution is 2.32. The Bertz CT molecular complexity index is 742. The monoisotopic (exact) mass is 338 g/mol. The molecule has 0 spiro atoms. The van der Waals surface area contributed by atoms with E-state index in [2.05, 4.69) is 31.2 Å². The number of benzene rings is 2. The normalized spacial score (nSPS) is 15.6. The molecule has 1 fully saturated rings. The van der Waals surface area contributed by atoms with Crippen molar-refractivity contribution in [2.24, 2.45) is 5.92 Å². The summed E-state index contributed by atoms with van der Waals surface area (Å²) >= 11 is 0. The predicted molar refractivity (Wildman–Crippen MR) is 103 cm³/mol. The third-order valence-electron chi connectivity index (χ3n) is 5.19. The van der Waals surface area contributed by atoms with E-state index < -0.39 is 0 Å². The highest BCUT2D eigenvalue weighted by atomic mass is 19.1. The average Bonchev–Trinajstić information content (AvgIpc) is 2.67. The standard InChI is InChI=1S/C23H27FO/c1-3-17-10-13-21(22-16-20(25-2)12-14-23(22)24)19(15-17)11-9-18-7-5-4-6-8-18/h9-16,18H,3-8H2,1-2H3/b11-9+. The van der Waals surface area contributed by atoms with Gasteiger partial charge in [-0.25, -0.2) is 4.39 Å². The van der Waals surface area contributed by atoms with Gasteiger partial charge in [0, 0.05) is 5.56 Å². The van der Waals surface area contributed by atoms with Crippen LogP contribution in [0.15, 0.2) is 42.5 Å². The summed E-state index contributed by atoms with van der Waals surface area (Å²) in [5.41, 5.74) is 3.90. The van der Waals surface area contributed by atoms with Crippen molar-refractivity contribution in [3.63, 3.8) is 0 Å². The third-order valence-corrected chi connectivity index (χ3v) is 5.19. The molecule has 1 aliphatic carbocycles. The average molecular weight is 338 g/mol. The van der Waals surface area contributed by atoms with Gasteiger partial charge >= 0.3 is 0 Å². The molecule has 2 heteroatoms. The lowest BCUT2D eigenvalue weighted by molar-refractivity contribution is 0.414. The summed E-state index contributed by atoms with van der Waals surface area (Å²) in [6.45, 7) is 2.15. The zero-order valence-corrected chi connectivity index (χ0v) is 15.2. The van der Waals surface area contributed by atoms with Gasteiger partial charge in [0.1, 0.15) is 11.6 Å². The summed E-state index contributed by atoms with van der Waals surface area (Å²) in [7, 11) is 1.61. The van der Waals surface area contributed by atoms with Gasteiger partial charge in [-0.2, -0.15) is 0 Å². The molecule has 0 heterocycles. The van der Waals surface area contributed by atoms with E-state index in [4.69, 9.17) is 4.74 Å². The summed E-state index contributed by atoms with van der Waals surface area (Å²) in [5, 5.41) is 0. The maximum atomic E-state index is 14.5. The Hall–Kier alpha value is -2.09. The molecule has 25 heavy (non-hydrogen) atoms. The Labute approximate surface area is 150 Å². The van der Waals surface area contributed by atoms with Crippen molar-refractivity contribution in [2.75, 3.05) is 7.11 Å². The molecule has 132 valence electrons. The van der Waals surface area contributed by atoms with E-state index in [0.717, 1.165) is 17.5 Å². The first kappa shape index (κ1) is 17.7. The molecule has 1 saturated carbocycles. The van der Waals surface area contributed by atoms with Crippen LogP contribution in [-0.2, 0) is 6.42 Å². The van der Waals surface area contributed by atoms with Crippen molar-refractivity contribution in [2.45, 2.75) is 45.4 Å². The zero-order chi connectivity index (χ0) is 17.6. The fraction of sp³-hybridized carbons (Fsp3) is 0.391. The molecule has 0 bridgehead atoms. The van der Waals surface area contributed by atoms with Crippen molar-refractivity contribution in [3.8, 4) is 16.9 Å². The minimum Gasteiger partial charge on any atom is -0.497 e. The fourth-order valence-corrected chi connectivity index (χ4v) is 3.62. The molecular formula is C23H27FO. The van der Waals surface area contributed by atoms with Crippen LogP contribution in [0.2, 0.25) is 0 Å². The largest absolute Gasteiger partial charge is 0.497 e. The second kappa shape index (κ2) is 8.33. The minimum atomic E-state index is -0.211. The summed E-state index contributed by atoms with van der Waals surface area (Å²) in [6, 6.07) is 11.2. The molecule has 0 atom stereocenters. The fourth-order valence-electron chi connectivity index (χ4n) is 3.62. The van der Waals surface area contributed by atoms with E-state index in [1.54, 1.807) is 19.2 Å². The smallest absolute Gasteiger partial charge is 0.131 e. The van der Waals surface area contributed by atoms with E-state index in [1.807, 2.05) is 6.07 Å². The number of halogens is 1. The first-order chi connectivity index (χ1) is 12.2. The maximum Gasteiger partial charge on any atom is 0.131 e. The maximum absolute atomic E-state index is 14.5. The molecule has 0 unspecified atom stereocenters. The summed E-state index contributed by atoms with van der Waals surface area (Å²) in [6.07, 6.45) is 12.0. The van der Waals surface area contributed by atoms with Gasteiger partial charge in [0.05, 0.1) is 7.11 Å². The van der Waals surface area contributed by atoms with E-state index in [-0.39, 0.29) is 5.82 Å². The number of ether oxygens (including phenoxy) is 1. The first-order valence-corrected chi connectivity index (χ1v) is 9.36. The third kappa shape index (κ3) is 4.31. The Morgan fingerprint density at radius 2 is 1.84 bits per heavy atom. The second-order valence-corrected chi connectivity index (χ2v) is 6.88. The lowest BCUT2D eigenvalue weighted by atomic mass is 9.88. The van der Waals surface area contributed by atoms with Crippen LogP contribution in [0.5, 0.6) is 5.75 Å². The molecule has 0 saturated heterocycles. The van der Waals surface area contributed by atoms with Gasteiger partial charge in [0.15, 0.2) is 0 Å². The Morgan fingerprint density at radius 1 is 1.04 bits per heavy atom. The lowest BCUT2D eigenvalue weighted by Gasteiger charge is -2.18. The van der Waals surface area contributed by atoms with Gasteiger partial charge in [0.25, 0.3) is 0 Å². The first-order valence-electron chi connectivity index (χ1n) is 9.36. The van der Waals surface area contributed by atoms with E-state index >= 15 is 0 Å². The molecule has 0 radical (unpaired) electrons. The summed E-state index contributed by atoms with van der Waals surface area (Å²) < 4.78 is 19.8. The van der Waals surface area contributed by atoms with Crippen molar-refractivity contribution >= 4 is 6.08 Å². The number of hydrogen-bond donors (Lipinski definition) is 0. The lowest BCUT2D eigenvalue weighted by Crippen LogP contribution is -2.02. The molecule has 0 aliphatic heterocycles. The Morgan fingerprint density at radius 3 is 2.56 bits per heavy atom. The molecule has 1 nitrogen and oxygen atoms in total. The van der Waals surface area contributed by atoms with Crippen molar-refractivity contribution < 1.29 is 9.13 Å². The van der Waals surface area contributed by atoms with E-state index in [0.29, 0.717) is 17.2 Å². The van der Waals surface area contributed by atoms with Crippen LogP contribution in [-0.4, -0.2) is 7.11 Å². The molecule has 0 aromatic heterocycles. The van der Waals surface area contributed by atoms with Crippen LogP contribution in [0, 0.1) is 11.7 Å². The SMILES string of the molecule is CCc1ccc(-c2cc(OC)ccc2F)c(/C=C/C2CCCCC2)c1. The zero-order valence-electron chi connectivity index (χ0n) is 15.2. The molecule has 2 aromatic rings. The van der Waals surface area contributed by atoms with Gasteiger partial charge in [0.2, 0.25) is 0 Å². The Balaban J connectivity index is 2.00. The van der Waals surface area contributed by atoms with Crippen molar-refractivity contribution in [3.05, 3.63) is 59.4 Å². The van der Waals surface area contributed by atoms with E-state index in [1.165, 1.54) is 43.7 Å². The summed E-state index contributed by atoms with van der Waals surface area (Å²) in [5.74, 6) is 1.12. The second-order valence-electron chi connectivity index (χ2n) is 6.88. The molecule has 2 aromatic carbocycles. The van der Waals surface area contributed by atoms with E-state index in [9.17, 15) is 4.39 Å². The van der Waals surface area contributed by atoms with Crippen LogP contribution in [0.4, 0.5) is 4.39 Å². The number of rotatable bonds is 5. The van der Waals surface area contributed by atoms with Crippen LogP contribution in [0.3, 0.4) is 0 Å². The van der Waals surface area contributed by atoms with Crippen LogP contribution < -0.4 is 4.74 Å². The topological polar surface area (TPSA) is 9.23 Å². The van der Waals surface area contributed by atoms with Gasteiger partial charge in [-0.3, -0.25) is 0 Å². The quantitative estimate of drug-likeness (QED) is 0.592. The van der Waals surface area contributed by atoms with Gasteiger partial charge < -0.3 is 4.74 Å². The van der Waals surface area contributed by atoms with Crippen molar-refractivity contribution in [1.82, 2.24) is 0 Å². The number of hydrogen-bond acceptors (Lipinski definition) is 1. The van der Waals surface area contributed by atoms with Crippen molar-refractivity contribution in [1.29, 1.82) is 0 Å². The number of allylic oxidation sites excluding steroid dienone is 1. The van der Waals surface area contributed by atoms with Crippen LogP contribution in [0.25, 0.3) is 17.2 Å². The minimum absolute atomic E-state index is 0.211.